The fourth-order valence-corrected chi connectivity index (χ4v) is 2.40. The molecule has 102 valence electrons. The molecular weight excluding hydrogens is 252 g/mol. The fourth-order valence-electron chi connectivity index (χ4n) is 2.40. The van der Waals surface area contributed by atoms with Crippen molar-refractivity contribution >= 4 is 10.8 Å². The topological polar surface area (TPSA) is 81.7 Å². The first-order chi connectivity index (χ1) is 9.78. The number of benzene rings is 2. The number of tetrazole rings is 1. The summed E-state index contributed by atoms with van der Waals surface area (Å²) < 4.78 is 0. The number of rotatable bonds is 4. The molecule has 1 heterocycles. The Morgan fingerprint density at radius 2 is 2.00 bits per heavy atom. The number of hydrogen-bond donors (Lipinski definition) is 2. The molecule has 0 aliphatic heterocycles. The van der Waals surface area contributed by atoms with E-state index in [-0.39, 0.29) is 6.04 Å². The molecule has 6 nitrogen and oxygen atoms in total. The van der Waals surface area contributed by atoms with Crippen LogP contribution in [0.25, 0.3) is 10.8 Å². The third-order valence-corrected chi connectivity index (χ3v) is 3.34. The van der Waals surface area contributed by atoms with E-state index in [0.717, 1.165) is 5.56 Å². The van der Waals surface area contributed by atoms with Gasteiger partial charge in [-0.25, -0.2) is 0 Å². The number of aryl methyl sites for hydroxylation is 1. The fraction of sp³-hybridized carbons (Fsp3) is 0.214. The van der Waals surface area contributed by atoms with Crippen LogP contribution < -0.4 is 11.3 Å². The third kappa shape index (κ3) is 2.38. The van der Waals surface area contributed by atoms with E-state index >= 15 is 0 Å². The molecule has 0 aliphatic rings. The second kappa shape index (κ2) is 5.36. The molecule has 0 bridgehead atoms. The lowest BCUT2D eigenvalue weighted by Gasteiger charge is -2.16. The lowest BCUT2D eigenvalue weighted by Crippen LogP contribution is -2.30. The van der Waals surface area contributed by atoms with E-state index in [1.54, 1.807) is 7.05 Å². The van der Waals surface area contributed by atoms with E-state index in [1.807, 2.05) is 18.2 Å². The predicted molar refractivity (Wildman–Crippen MR) is 76.5 cm³/mol. The first-order valence-electron chi connectivity index (χ1n) is 6.44. The second-order valence-electron chi connectivity index (χ2n) is 4.69. The maximum atomic E-state index is 5.72. The van der Waals surface area contributed by atoms with Gasteiger partial charge < -0.3 is 0 Å². The third-order valence-electron chi connectivity index (χ3n) is 3.34. The molecule has 20 heavy (non-hydrogen) atoms. The Morgan fingerprint density at radius 1 is 1.20 bits per heavy atom. The number of nitrogens with one attached hydrogen (secondary N) is 1. The Bertz CT molecular complexity index is 715. The Kier molecular flexibility index (Phi) is 3.41. The number of fused-ring (bicyclic) bond motifs is 1. The predicted octanol–water partition coefficient (Wildman–Crippen LogP) is 1.11. The van der Waals surface area contributed by atoms with E-state index in [2.05, 4.69) is 45.1 Å². The number of aromatic nitrogens is 4. The minimum absolute atomic E-state index is 0.0506. The van der Waals surface area contributed by atoms with Gasteiger partial charge in [0.05, 0.1) is 13.1 Å². The molecule has 1 unspecified atom stereocenters. The zero-order valence-electron chi connectivity index (χ0n) is 11.2. The van der Waals surface area contributed by atoms with Crippen LogP contribution in [-0.4, -0.2) is 20.2 Å². The quantitative estimate of drug-likeness (QED) is 0.547. The lowest BCUT2D eigenvalue weighted by atomic mass is 9.97. The van der Waals surface area contributed by atoms with Gasteiger partial charge in [-0.2, -0.15) is 4.80 Å². The van der Waals surface area contributed by atoms with Crippen LogP contribution in [0.2, 0.25) is 0 Å². The summed E-state index contributed by atoms with van der Waals surface area (Å²) in [6.07, 6.45) is 0.596. The molecule has 0 saturated heterocycles. The van der Waals surface area contributed by atoms with E-state index in [0.29, 0.717) is 12.2 Å². The molecule has 1 aromatic heterocycles. The summed E-state index contributed by atoms with van der Waals surface area (Å²) in [5, 5.41) is 14.4. The maximum absolute atomic E-state index is 5.72. The lowest BCUT2D eigenvalue weighted by molar-refractivity contribution is 0.539. The Morgan fingerprint density at radius 3 is 2.75 bits per heavy atom. The molecule has 0 amide bonds. The molecule has 2 aromatic carbocycles. The van der Waals surface area contributed by atoms with Gasteiger partial charge in [0.25, 0.3) is 0 Å². The minimum atomic E-state index is -0.0506. The normalized spacial score (nSPS) is 12.7. The van der Waals surface area contributed by atoms with Crippen molar-refractivity contribution in [3.63, 3.8) is 0 Å². The monoisotopic (exact) mass is 268 g/mol. The average Bonchev–Trinajstić information content (AvgIpc) is 2.89. The number of nitrogens with two attached hydrogens (primary N) is 1. The van der Waals surface area contributed by atoms with Gasteiger partial charge in [0.2, 0.25) is 0 Å². The number of hydrazine groups is 1. The van der Waals surface area contributed by atoms with Crippen LogP contribution in [0, 0.1) is 0 Å². The average molecular weight is 268 g/mol. The van der Waals surface area contributed by atoms with Crippen molar-refractivity contribution in [2.75, 3.05) is 0 Å². The highest BCUT2D eigenvalue weighted by atomic mass is 15.6. The minimum Gasteiger partial charge on any atom is -0.271 e. The van der Waals surface area contributed by atoms with Crippen molar-refractivity contribution in [3.05, 3.63) is 53.9 Å². The van der Waals surface area contributed by atoms with Crippen LogP contribution in [0.15, 0.2) is 42.5 Å². The first-order valence-corrected chi connectivity index (χ1v) is 6.44. The molecule has 3 rings (SSSR count). The molecule has 1 atom stereocenters. The van der Waals surface area contributed by atoms with Gasteiger partial charge in [-0.15, -0.1) is 10.2 Å². The molecule has 6 heteroatoms. The van der Waals surface area contributed by atoms with Crippen molar-refractivity contribution < 1.29 is 0 Å². The molecule has 3 aromatic rings. The summed E-state index contributed by atoms with van der Waals surface area (Å²) in [4.78, 5) is 1.45. The molecular formula is C14H16N6. The standard InChI is InChI=1S/C14H16N6/c1-20-18-14(17-19-20)9-13(16-15)12-8-4-6-10-5-2-3-7-11(10)12/h2-8,13,16H,9,15H2,1H3. The summed E-state index contributed by atoms with van der Waals surface area (Å²) in [6.45, 7) is 0. The number of nitrogens with zero attached hydrogens (tertiary/aromatic N) is 4. The highest BCUT2D eigenvalue weighted by Crippen LogP contribution is 2.25. The summed E-state index contributed by atoms with van der Waals surface area (Å²) in [6, 6.07) is 14.4. The zero-order chi connectivity index (χ0) is 13.9. The van der Waals surface area contributed by atoms with Gasteiger partial charge in [0.15, 0.2) is 5.82 Å². The summed E-state index contributed by atoms with van der Waals surface area (Å²) in [5.74, 6) is 6.39. The second-order valence-corrected chi connectivity index (χ2v) is 4.69. The highest BCUT2D eigenvalue weighted by Gasteiger charge is 2.16. The molecule has 0 saturated carbocycles. The van der Waals surface area contributed by atoms with Crippen molar-refractivity contribution in [2.45, 2.75) is 12.5 Å². The van der Waals surface area contributed by atoms with Crippen molar-refractivity contribution in [1.29, 1.82) is 0 Å². The first kappa shape index (κ1) is 12.7. The molecule has 0 aliphatic carbocycles. The van der Waals surface area contributed by atoms with E-state index in [1.165, 1.54) is 15.6 Å². The van der Waals surface area contributed by atoms with Gasteiger partial charge in [-0.3, -0.25) is 11.3 Å². The Labute approximate surface area is 116 Å². The number of hydrogen-bond acceptors (Lipinski definition) is 5. The smallest absolute Gasteiger partial charge is 0.176 e. The van der Waals surface area contributed by atoms with Gasteiger partial charge in [0, 0.05) is 6.42 Å². The van der Waals surface area contributed by atoms with Gasteiger partial charge in [-0.1, -0.05) is 42.5 Å². The van der Waals surface area contributed by atoms with Gasteiger partial charge in [-0.05, 0) is 21.5 Å². The zero-order valence-corrected chi connectivity index (χ0v) is 11.2. The largest absolute Gasteiger partial charge is 0.271 e. The SMILES string of the molecule is Cn1nnc(CC(NN)c2cccc3ccccc23)n1. The van der Waals surface area contributed by atoms with Crippen LogP contribution in [-0.2, 0) is 13.5 Å². The van der Waals surface area contributed by atoms with E-state index < -0.39 is 0 Å². The van der Waals surface area contributed by atoms with Crippen LogP contribution in [0.3, 0.4) is 0 Å². The Hall–Kier alpha value is -2.31. The molecule has 0 fully saturated rings. The van der Waals surface area contributed by atoms with E-state index in [9.17, 15) is 0 Å². The van der Waals surface area contributed by atoms with Gasteiger partial charge >= 0.3 is 0 Å². The van der Waals surface area contributed by atoms with Crippen LogP contribution >= 0.6 is 0 Å². The summed E-state index contributed by atoms with van der Waals surface area (Å²) in [7, 11) is 1.75. The van der Waals surface area contributed by atoms with Crippen LogP contribution in [0.5, 0.6) is 0 Å². The molecule has 3 N–H and O–H groups in total. The van der Waals surface area contributed by atoms with Crippen molar-refractivity contribution in [1.82, 2.24) is 25.6 Å². The highest BCUT2D eigenvalue weighted by molar-refractivity contribution is 5.86. The maximum Gasteiger partial charge on any atom is 0.176 e. The summed E-state index contributed by atoms with van der Waals surface area (Å²) >= 11 is 0. The van der Waals surface area contributed by atoms with E-state index in [4.69, 9.17) is 5.84 Å². The van der Waals surface area contributed by atoms with Crippen molar-refractivity contribution in [2.24, 2.45) is 12.9 Å². The summed E-state index contributed by atoms with van der Waals surface area (Å²) in [5.41, 5.74) is 3.99. The van der Waals surface area contributed by atoms with Gasteiger partial charge in [0.1, 0.15) is 0 Å². The Balaban J connectivity index is 1.98. The van der Waals surface area contributed by atoms with Crippen molar-refractivity contribution in [3.8, 4) is 0 Å². The molecule has 0 radical (unpaired) electrons. The van der Waals surface area contributed by atoms with Crippen LogP contribution in [0.1, 0.15) is 17.4 Å². The molecule has 0 spiro atoms. The van der Waals surface area contributed by atoms with Crippen LogP contribution in [0.4, 0.5) is 0 Å².